The van der Waals surface area contributed by atoms with Crippen molar-refractivity contribution in [3.05, 3.63) is 0 Å². The number of amides is 5. The molecule has 0 aromatic rings. The van der Waals surface area contributed by atoms with E-state index >= 15 is 0 Å². The molecule has 3 heterocycles. The van der Waals surface area contributed by atoms with E-state index in [9.17, 15) is 19.2 Å². The minimum atomic E-state index is -0.765. The number of rotatable bonds is 3. The molecule has 0 aliphatic carbocycles. The second-order valence-electron chi connectivity index (χ2n) is 6.83. The topological polar surface area (TPSA) is 106 Å². The molecule has 0 radical (unpaired) electrons. The molecule has 3 aliphatic rings. The standard InChI is InChI=1S/C17H25N6O5S/c1-5-28-17(27)23-8-6-22(7-9-23)11(24)10-29-15-18-12-13(19(15)2)20(3)16(26)21(4)14(12)25/h12H,5-10H2,1-4H3/q+1. The highest BCUT2D eigenvalue weighted by molar-refractivity contribution is 8.13. The number of piperazine rings is 1. The molecule has 0 aromatic carbocycles. The molecule has 0 N–H and O–H groups in total. The van der Waals surface area contributed by atoms with Crippen LogP contribution in [0.25, 0.3) is 0 Å². The Morgan fingerprint density at radius 3 is 2.38 bits per heavy atom. The Balaban J connectivity index is 1.58. The van der Waals surface area contributed by atoms with Gasteiger partial charge in [-0.1, -0.05) is 0 Å². The number of urea groups is 1. The van der Waals surface area contributed by atoms with E-state index in [1.165, 1.54) is 23.7 Å². The van der Waals surface area contributed by atoms with Crippen LogP contribution in [0.5, 0.6) is 0 Å². The summed E-state index contributed by atoms with van der Waals surface area (Å²) in [5, 5.41) is 0.520. The molecule has 2 fully saturated rings. The van der Waals surface area contributed by atoms with Crippen molar-refractivity contribution in [2.45, 2.75) is 13.0 Å². The van der Waals surface area contributed by atoms with Crippen molar-refractivity contribution in [3.8, 4) is 0 Å². The number of hydrogen-bond donors (Lipinski definition) is 0. The van der Waals surface area contributed by atoms with E-state index in [1.807, 2.05) is 0 Å². The zero-order valence-electron chi connectivity index (χ0n) is 17.0. The molecular weight excluding hydrogens is 400 g/mol. The zero-order chi connectivity index (χ0) is 21.3. The van der Waals surface area contributed by atoms with Crippen molar-refractivity contribution in [2.24, 2.45) is 4.99 Å². The Kier molecular flexibility index (Phi) is 6.10. The van der Waals surface area contributed by atoms with Crippen LogP contribution in [0.2, 0.25) is 0 Å². The maximum atomic E-state index is 12.6. The molecular formula is C17H25N6O5S+. The van der Waals surface area contributed by atoms with E-state index in [0.29, 0.717) is 43.8 Å². The fourth-order valence-corrected chi connectivity index (χ4v) is 4.32. The normalized spacial score (nSPS) is 22.2. The Morgan fingerprint density at radius 1 is 1.14 bits per heavy atom. The van der Waals surface area contributed by atoms with E-state index in [2.05, 4.69) is 4.99 Å². The highest BCUT2D eigenvalue weighted by Gasteiger charge is 2.51. The third-order valence-electron chi connectivity index (χ3n) is 5.08. The maximum Gasteiger partial charge on any atom is 0.409 e. The predicted octanol–water partition coefficient (Wildman–Crippen LogP) is -0.677. The first-order valence-electron chi connectivity index (χ1n) is 9.32. The largest absolute Gasteiger partial charge is 0.450 e. The van der Waals surface area contributed by atoms with Crippen molar-refractivity contribution in [1.82, 2.24) is 19.6 Å². The quantitative estimate of drug-likeness (QED) is 0.555. The van der Waals surface area contributed by atoms with E-state index in [1.54, 1.807) is 35.4 Å². The number of likely N-dealkylation sites (N-methyl/N-ethyl adjacent to an activating group) is 2. The first-order chi connectivity index (χ1) is 13.8. The lowest BCUT2D eigenvalue weighted by Gasteiger charge is -2.33. The predicted molar refractivity (Wildman–Crippen MR) is 106 cm³/mol. The molecule has 0 saturated carbocycles. The first kappa shape index (κ1) is 21.1. The highest BCUT2D eigenvalue weighted by atomic mass is 32.2. The van der Waals surface area contributed by atoms with E-state index in [-0.39, 0.29) is 23.7 Å². The summed E-state index contributed by atoms with van der Waals surface area (Å²) in [6, 6.07) is -1.18. The van der Waals surface area contributed by atoms with E-state index in [4.69, 9.17) is 4.74 Å². The van der Waals surface area contributed by atoms with Gasteiger partial charge in [0.2, 0.25) is 5.91 Å². The van der Waals surface area contributed by atoms with Crippen molar-refractivity contribution in [2.75, 3.05) is 59.7 Å². The Labute approximate surface area is 172 Å². The summed E-state index contributed by atoms with van der Waals surface area (Å²) in [6.45, 7) is 3.84. The lowest BCUT2D eigenvalue weighted by Crippen LogP contribution is -2.59. The van der Waals surface area contributed by atoms with Gasteiger partial charge in [-0.3, -0.25) is 14.5 Å². The van der Waals surface area contributed by atoms with Crippen LogP contribution in [0.3, 0.4) is 0 Å². The number of thioether (sulfide) groups is 1. The number of carbonyl (C=O) groups excluding carboxylic acids is 4. The first-order valence-corrected chi connectivity index (χ1v) is 10.3. The smallest absolute Gasteiger partial charge is 0.409 e. The van der Waals surface area contributed by atoms with Crippen molar-refractivity contribution < 1.29 is 28.5 Å². The molecule has 5 amide bonds. The van der Waals surface area contributed by atoms with Gasteiger partial charge in [-0.25, -0.2) is 19.1 Å². The summed E-state index contributed by atoms with van der Waals surface area (Å²) in [7, 11) is 4.76. The van der Waals surface area contributed by atoms with Gasteiger partial charge in [-0.2, -0.15) is 0 Å². The molecule has 0 bridgehead atoms. The average Bonchev–Trinajstić information content (AvgIpc) is 3.05. The lowest BCUT2D eigenvalue weighted by molar-refractivity contribution is -0.367. The lowest BCUT2D eigenvalue weighted by atomic mass is 10.2. The second-order valence-corrected chi connectivity index (χ2v) is 7.77. The molecule has 11 nitrogen and oxygen atoms in total. The van der Waals surface area contributed by atoms with Crippen LogP contribution in [0.4, 0.5) is 9.59 Å². The van der Waals surface area contributed by atoms with Gasteiger partial charge in [-0.05, 0) is 18.7 Å². The number of imide groups is 1. The highest BCUT2D eigenvalue weighted by Crippen LogP contribution is 2.22. The number of hydrogen-bond acceptors (Lipinski definition) is 7. The number of ether oxygens (including phenoxy) is 1. The summed E-state index contributed by atoms with van der Waals surface area (Å²) in [4.78, 5) is 59.0. The maximum absolute atomic E-state index is 12.6. The fraction of sp³-hybridized carbons (Fsp3) is 0.647. The van der Waals surface area contributed by atoms with Gasteiger partial charge < -0.3 is 14.5 Å². The number of amidine groups is 2. The van der Waals surface area contributed by atoms with Gasteiger partial charge >= 0.3 is 12.1 Å². The number of nitrogens with zero attached hydrogens (tertiary/aromatic N) is 6. The van der Waals surface area contributed by atoms with Crippen LogP contribution in [-0.2, 0) is 14.3 Å². The van der Waals surface area contributed by atoms with Crippen LogP contribution in [0, 0.1) is 0 Å². The molecule has 12 heteroatoms. The number of aliphatic imine (C=N–C) groups is 1. The fourth-order valence-electron chi connectivity index (χ4n) is 3.42. The summed E-state index contributed by atoms with van der Waals surface area (Å²) in [6.07, 6.45) is -0.358. The van der Waals surface area contributed by atoms with E-state index < -0.39 is 12.1 Å². The SMILES string of the molecule is CCOC(=O)N1CCN(C(=O)CSC2=NC3C(=O)N(C)C(=O)N(C)C3=[N+]2C)CC1. The Hall–Kier alpha value is -2.63. The summed E-state index contributed by atoms with van der Waals surface area (Å²) in [5.41, 5.74) is 0. The molecule has 158 valence electrons. The average molecular weight is 425 g/mol. The summed E-state index contributed by atoms with van der Waals surface area (Å²) < 4.78 is 6.66. The van der Waals surface area contributed by atoms with Gasteiger partial charge in [-0.15, -0.1) is 4.99 Å². The van der Waals surface area contributed by atoms with Crippen LogP contribution in [0.15, 0.2) is 4.99 Å². The molecule has 3 rings (SSSR count). The van der Waals surface area contributed by atoms with Crippen LogP contribution >= 0.6 is 11.8 Å². The molecule has 1 unspecified atom stereocenters. The minimum Gasteiger partial charge on any atom is -0.450 e. The monoisotopic (exact) mass is 425 g/mol. The third kappa shape index (κ3) is 3.93. The van der Waals surface area contributed by atoms with Gasteiger partial charge in [0, 0.05) is 33.2 Å². The molecule has 3 aliphatic heterocycles. The summed E-state index contributed by atoms with van der Waals surface area (Å²) >= 11 is 1.23. The number of fused-ring (bicyclic) bond motifs is 1. The van der Waals surface area contributed by atoms with Crippen molar-refractivity contribution >= 4 is 46.7 Å². The molecule has 29 heavy (non-hydrogen) atoms. The van der Waals surface area contributed by atoms with Gasteiger partial charge in [0.05, 0.1) is 26.5 Å². The molecule has 0 aromatic heterocycles. The summed E-state index contributed by atoms with van der Waals surface area (Å²) in [5.74, 6) is 0.204. The van der Waals surface area contributed by atoms with Crippen molar-refractivity contribution in [3.63, 3.8) is 0 Å². The van der Waals surface area contributed by atoms with Gasteiger partial charge in [0.1, 0.15) is 0 Å². The molecule has 0 spiro atoms. The second kappa shape index (κ2) is 8.39. The van der Waals surface area contributed by atoms with Crippen LogP contribution in [-0.4, -0.2) is 125 Å². The third-order valence-corrected chi connectivity index (χ3v) is 6.11. The molecule has 1 atom stereocenters. The zero-order valence-corrected chi connectivity index (χ0v) is 17.8. The molecule has 2 saturated heterocycles. The van der Waals surface area contributed by atoms with E-state index in [0.717, 1.165) is 4.90 Å². The van der Waals surface area contributed by atoms with Gasteiger partial charge in [0.15, 0.2) is 0 Å². The Bertz CT molecular complexity index is 804. The van der Waals surface area contributed by atoms with Gasteiger partial charge in [0.25, 0.3) is 23.0 Å². The number of carbonyl (C=O) groups is 4. The van der Waals surface area contributed by atoms with Crippen LogP contribution in [0.1, 0.15) is 6.92 Å². The Morgan fingerprint density at radius 2 is 1.76 bits per heavy atom. The minimum absolute atomic E-state index is 0.0673. The van der Waals surface area contributed by atoms with Crippen molar-refractivity contribution in [1.29, 1.82) is 0 Å². The van der Waals surface area contributed by atoms with Crippen LogP contribution < -0.4 is 0 Å².